The van der Waals surface area contributed by atoms with Crippen molar-refractivity contribution in [1.29, 1.82) is 0 Å². The van der Waals surface area contributed by atoms with Crippen LogP contribution in [0.4, 0.5) is 21.0 Å². The molecule has 4 N–H and O–H groups in total. The summed E-state index contributed by atoms with van der Waals surface area (Å²) in [6.45, 7) is 0.362. The third kappa shape index (κ3) is 6.17. The standard InChI is InChI=1S/C29H32N4O5S/c1-38-23-12-10-22(11-13-23)31-28(34)30-17-16-19-8-14-24(15-9-19)39(36,37)33-29(35)32-27-25-6-2-4-20(25)18-21-5-3-7-26(21)27/h8-15,18H,2-7,16-17H2,1H3,(H2,30,31,34)(H2,32,33,35). The Kier molecular flexibility index (Phi) is 7.74. The third-order valence-electron chi connectivity index (χ3n) is 7.22. The van der Waals surface area contributed by atoms with E-state index in [1.807, 2.05) is 0 Å². The van der Waals surface area contributed by atoms with Crippen molar-refractivity contribution in [2.75, 3.05) is 24.3 Å². The maximum atomic E-state index is 12.9. The summed E-state index contributed by atoms with van der Waals surface area (Å²) >= 11 is 0. The van der Waals surface area contributed by atoms with Gasteiger partial charge in [-0.15, -0.1) is 0 Å². The molecule has 0 spiro atoms. The van der Waals surface area contributed by atoms with Gasteiger partial charge < -0.3 is 20.7 Å². The van der Waals surface area contributed by atoms with Gasteiger partial charge in [0.1, 0.15) is 5.75 Å². The minimum Gasteiger partial charge on any atom is -0.497 e. The second-order valence-corrected chi connectivity index (χ2v) is 11.5. The van der Waals surface area contributed by atoms with Crippen molar-refractivity contribution >= 4 is 33.5 Å². The van der Waals surface area contributed by atoms with Gasteiger partial charge in [0.15, 0.2) is 0 Å². The summed E-state index contributed by atoms with van der Waals surface area (Å²) in [5, 5.41) is 8.37. The lowest BCUT2D eigenvalue weighted by Crippen LogP contribution is -2.35. The lowest BCUT2D eigenvalue weighted by molar-refractivity contribution is 0.252. The molecular weight excluding hydrogens is 516 g/mol. The molecule has 2 aliphatic carbocycles. The van der Waals surface area contributed by atoms with E-state index in [9.17, 15) is 18.0 Å². The normalized spacial score (nSPS) is 13.8. The Balaban J connectivity index is 1.14. The molecule has 0 saturated heterocycles. The quantitative estimate of drug-likeness (QED) is 0.329. The zero-order chi connectivity index (χ0) is 27.4. The van der Waals surface area contributed by atoms with Crippen LogP contribution < -0.4 is 25.4 Å². The molecule has 204 valence electrons. The number of anilines is 2. The van der Waals surface area contributed by atoms with Crippen LogP contribution in [0.25, 0.3) is 0 Å². The number of sulfonamides is 1. The van der Waals surface area contributed by atoms with E-state index in [2.05, 4.69) is 26.7 Å². The fourth-order valence-electron chi connectivity index (χ4n) is 5.29. The average Bonchev–Trinajstić information content (AvgIpc) is 3.59. The molecule has 10 heteroatoms. The number of hydrogen-bond acceptors (Lipinski definition) is 5. The third-order valence-corrected chi connectivity index (χ3v) is 8.57. The lowest BCUT2D eigenvalue weighted by atomic mass is 9.99. The van der Waals surface area contributed by atoms with Gasteiger partial charge in [-0.1, -0.05) is 18.2 Å². The second kappa shape index (κ2) is 11.4. The van der Waals surface area contributed by atoms with Crippen LogP contribution >= 0.6 is 0 Å². The smallest absolute Gasteiger partial charge is 0.333 e. The fourth-order valence-corrected chi connectivity index (χ4v) is 6.20. The first kappa shape index (κ1) is 26.6. The largest absolute Gasteiger partial charge is 0.497 e. The summed E-state index contributed by atoms with van der Waals surface area (Å²) in [6, 6.07) is 14.4. The molecular formula is C29H32N4O5S. The molecule has 0 saturated carbocycles. The van der Waals surface area contributed by atoms with Gasteiger partial charge in [0.25, 0.3) is 10.0 Å². The maximum Gasteiger partial charge on any atom is 0.333 e. The van der Waals surface area contributed by atoms with Gasteiger partial charge in [0.2, 0.25) is 0 Å². The van der Waals surface area contributed by atoms with Crippen molar-refractivity contribution in [2.45, 2.75) is 49.8 Å². The van der Waals surface area contributed by atoms with Crippen LogP contribution in [-0.4, -0.2) is 34.1 Å². The van der Waals surface area contributed by atoms with Gasteiger partial charge in [0.05, 0.1) is 12.0 Å². The number of fused-ring (bicyclic) bond motifs is 2. The Morgan fingerprint density at radius 2 is 1.46 bits per heavy atom. The number of methoxy groups -OCH3 is 1. The number of carbonyl (C=O) groups excluding carboxylic acids is 2. The number of rotatable bonds is 8. The molecule has 0 bridgehead atoms. The molecule has 0 aliphatic heterocycles. The number of hydrogen-bond donors (Lipinski definition) is 4. The number of nitrogens with one attached hydrogen (secondary N) is 4. The molecule has 2 aliphatic rings. The molecule has 9 nitrogen and oxygen atoms in total. The van der Waals surface area contributed by atoms with Gasteiger partial charge in [-0.05, 0) is 109 Å². The summed E-state index contributed by atoms with van der Waals surface area (Å²) in [5.41, 5.74) is 7.08. The number of ether oxygens (including phenoxy) is 1. The van der Waals surface area contributed by atoms with Crippen LogP contribution in [0.3, 0.4) is 0 Å². The molecule has 0 atom stereocenters. The highest BCUT2D eigenvalue weighted by molar-refractivity contribution is 7.90. The van der Waals surface area contributed by atoms with E-state index in [4.69, 9.17) is 4.74 Å². The van der Waals surface area contributed by atoms with Crippen molar-refractivity contribution in [1.82, 2.24) is 10.0 Å². The Labute approximate surface area is 228 Å². The number of benzene rings is 3. The van der Waals surface area contributed by atoms with Crippen LogP contribution in [0.15, 0.2) is 59.5 Å². The number of amides is 4. The molecule has 4 amide bonds. The number of carbonyl (C=O) groups is 2. The minimum atomic E-state index is -4.05. The number of urea groups is 2. The highest BCUT2D eigenvalue weighted by Gasteiger charge is 2.26. The van der Waals surface area contributed by atoms with Crippen LogP contribution in [0.5, 0.6) is 5.75 Å². The predicted octanol–water partition coefficient (Wildman–Crippen LogP) is 4.55. The van der Waals surface area contributed by atoms with E-state index in [1.54, 1.807) is 43.5 Å². The number of aryl methyl sites for hydroxylation is 2. The van der Waals surface area contributed by atoms with Gasteiger partial charge >= 0.3 is 12.1 Å². The molecule has 39 heavy (non-hydrogen) atoms. The summed E-state index contributed by atoms with van der Waals surface area (Å²) in [6.07, 6.45) is 6.37. The second-order valence-electron chi connectivity index (χ2n) is 9.80. The first-order valence-corrected chi connectivity index (χ1v) is 14.6. The van der Waals surface area contributed by atoms with E-state index in [0.29, 0.717) is 24.4 Å². The summed E-state index contributed by atoms with van der Waals surface area (Å²) < 4.78 is 33.0. The molecule has 0 fully saturated rings. The van der Waals surface area contributed by atoms with Crippen molar-refractivity contribution in [2.24, 2.45) is 0 Å². The Morgan fingerprint density at radius 3 is 2.08 bits per heavy atom. The minimum absolute atomic E-state index is 0.00451. The summed E-state index contributed by atoms with van der Waals surface area (Å²) in [5.74, 6) is 0.699. The fraction of sp³-hybridized carbons (Fsp3) is 0.310. The van der Waals surface area contributed by atoms with Gasteiger partial charge in [-0.25, -0.2) is 22.7 Å². The predicted molar refractivity (Wildman–Crippen MR) is 150 cm³/mol. The van der Waals surface area contributed by atoms with Crippen LogP contribution in [0, 0.1) is 0 Å². The van der Waals surface area contributed by atoms with E-state index in [0.717, 1.165) is 60.9 Å². The van der Waals surface area contributed by atoms with Gasteiger partial charge in [-0.3, -0.25) is 0 Å². The summed E-state index contributed by atoms with van der Waals surface area (Å²) in [7, 11) is -2.47. The van der Waals surface area contributed by atoms with Crippen LogP contribution in [-0.2, 0) is 42.1 Å². The van der Waals surface area contributed by atoms with Crippen molar-refractivity contribution in [3.05, 3.63) is 82.4 Å². The monoisotopic (exact) mass is 548 g/mol. The van der Waals surface area contributed by atoms with Crippen molar-refractivity contribution in [3.8, 4) is 5.75 Å². The van der Waals surface area contributed by atoms with Crippen LogP contribution in [0.1, 0.15) is 40.7 Å². The van der Waals surface area contributed by atoms with Gasteiger partial charge in [-0.2, -0.15) is 0 Å². The highest BCUT2D eigenvalue weighted by atomic mass is 32.2. The average molecular weight is 549 g/mol. The molecule has 0 heterocycles. The zero-order valence-electron chi connectivity index (χ0n) is 21.8. The lowest BCUT2D eigenvalue weighted by Gasteiger charge is -2.16. The Hall–Kier alpha value is -4.05. The van der Waals surface area contributed by atoms with Gasteiger partial charge in [0, 0.05) is 17.9 Å². The van der Waals surface area contributed by atoms with Crippen LogP contribution in [0.2, 0.25) is 0 Å². The van der Waals surface area contributed by atoms with E-state index in [-0.39, 0.29) is 10.9 Å². The van der Waals surface area contributed by atoms with E-state index >= 15 is 0 Å². The Bertz CT molecular complexity index is 1450. The maximum absolute atomic E-state index is 12.9. The molecule has 0 unspecified atom stereocenters. The first-order chi connectivity index (χ1) is 18.8. The zero-order valence-corrected chi connectivity index (χ0v) is 22.6. The van der Waals surface area contributed by atoms with Crippen molar-refractivity contribution < 1.29 is 22.7 Å². The van der Waals surface area contributed by atoms with E-state index < -0.39 is 16.1 Å². The van der Waals surface area contributed by atoms with E-state index in [1.165, 1.54) is 23.3 Å². The Morgan fingerprint density at radius 1 is 0.821 bits per heavy atom. The highest BCUT2D eigenvalue weighted by Crippen LogP contribution is 2.38. The molecule has 3 aromatic rings. The molecule has 0 radical (unpaired) electrons. The molecule has 5 rings (SSSR count). The molecule has 3 aromatic carbocycles. The van der Waals surface area contributed by atoms with Crippen molar-refractivity contribution in [3.63, 3.8) is 0 Å². The first-order valence-electron chi connectivity index (χ1n) is 13.1. The topological polar surface area (TPSA) is 126 Å². The summed E-state index contributed by atoms with van der Waals surface area (Å²) in [4.78, 5) is 24.9. The molecule has 0 aromatic heterocycles. The SMILES string of the molecule is COc1ccc(NC(=O)NCCc2ccc(S(=O)(=O)NC(=O)Nc3c4c(cc5c3CCC5)CCC4)cc2)cc1.